The highest BCUT2D eigenvalue weighted by Gasteiger charge is 2.37. The number of nitrogens with zero attached hydrogens (tertiary/aromatic N) is 2. The van der Waals surface area contributed by atoms with Crippen LogP contribution in [0.15, 0.2) is 30.5 Å². The first-order chi connectivity index (χ1) is 12.9. The van der Waals surface area contributed by atoms with Crippen LogP contribution in [0.3, 0.4) is 0 Å². The number of nitrogens with two attached hydrogens (primary N) is 1. The Bertz CT molecular complexity index is 819. The van der Waals surface area contributed by atoms with Gasteiger partial charge in [-0.25, -0.2) is 9.97 Å². The molecule has 4 N–H and O–H groups in total. The lowest BCUT2D eigenvalue weighted by atomic mass is 10.00. The van der Waals surface area contributed by atoms with E-state index < -0.39 is 23.2 Å². The number of rotatable bonds is 5. The Morgan fingerprint density at radius 2 is 2.15 bits per heavy atom. The van der Waals surface area contributed by atoms with Gasteiger partial charge in [0, 0.05) is 12.7 Å². The van der Waals surface area contributed by atoms with Crippen LogP contribution in [-0.2, 0) is 6.18 Å². The molecule has 1 aliphatic rings. The Morgan fingerprint density at radius 1 is 1.33 bits per heavy atom. The number of hydrogen-bond acceptors (Lipinski definition) is 6. The monoisotopic (exact) mass is 379 g/mol. The summed E-state index contributed by atoms with van der Waals surface area (Å²) in [6.45, 7) is 2.37. The van der Waals surface area contributed by atoms with Gasteiger partial charge in [0.2, 0.25) is 5.78 Å². The molecule has 2 aromatic heterocycles. The number of pyridine rings is 2. The number of anilines is 2. The smallest absolute Gasteiger partial charge is 0.383 e. The fraction of sp³-hybridized carbons (Fsp3) is 0.389. The van der Waals surface area contributed by atoms with Crippen molar-refractivity contribution in [3.63, 3.8) is 0 Å². The van der Waals surface area contributed by atoms with Crippen LogP contribution in [0.4, 0.5) is 24.8 Å². The first kappa shape index (κ1) is 19.1. The summed E-state index contributed by atoms with van der Waals surface area (Å²) in [5, 5.41) is 6.31. The summed E-state index contributed by atoms with van der Waals surface area (Å²) in [7, 11) is 0. The molecule has 0 radical (unpaired) electrons. The number of halogens is 3. The van der Waals surface area contributed by atoms with Crippen molar-refractivity contribution in [3.8, 4) is 0 Å². The predicted molar refractivity (Wildman–Crippen MR) is 95.4 cm³/mol. The van der Waals surface area contributed by atoms with E-state index in [1.54, 1.807) is 0 Å². The Morgan fingerprint density at radius 3 is 2.81 bits per heavy atom. The van der Waals surface area contributed by atoms with E-state index in [9.17, 15) is 18.0 Å². The van der Waals surface area contributed by atoms with Gasteiger partial charge in [0.25, 0.3) is 0 Å². The number of piperidine rings is 1. The number of alkyl halides is 3. The van der Waals surface area contributed by atoms with Gasteiger partial charge in [0.15, 0.2) is 0 Å². The lowest BCUT2D eigenvalue weighted by molar-refractivity contribution is -0.138. The average Bonchev–Trinajstić information content (AvgIpc) is 2.66. The van der Waals surface area contributed by atoms with Gasteiger partial charge in [0.1, 0.15) is 17.3 Å². The van der Waals surface area contributed by atoms with E-state index in [0.29, 0.717) is 12.5 Å². The van der Waals surface area contributed by atoms with Crippen molar-refractivity contribution in [3.05, 3.63) is 47.3 Å². The number of nitrogens with one attached hydrogen (secondary N) is 2. The van der Waals surface area contributed by atoms with E-state index in [4.69, 9.17) is 5.73 Å². The fourth-order valence-corrected chi connectivity index (χ4v) is 3.04. The predicted octanol–water partition coefficient (Wildman–Crippen LogP) is 2.72. The van der Waals surface area contributed by atoms with Crippen molar-refractivity contribution < 1.29 is 18.0 Å². The van der Waals surface area contributed by atoms with Gasteiger partial charge in [-0.05, 0) is 56.1 Å². The van der Waals surface area contributed by atoms with Crippen molar-refractivity contribution in [2.45, 2.75) is 19.0 Å². The highest BCUT2D eigenvalue weighted by molar-refractivity contribution is 6.11. The van der Waals surface area contributed by atoms with Crippen LogP contribution in [-0.4, -0.2) is 35.4 Å². The van der Waals surface area contributed by atoms with Crippen LogP contribution in [0.2, 0.25) is 0 Å². The zero-order valence-electron chi connectivity index (χ0n) is 14.5. The summed E-state index contributed by atoms with van der Waals surface area (Å²) in [5.74, 6) is -0.463. The lowest BCUT2D eigenvalue weighted by Gasteiger charge is -2.23. The first-order valence-corrected chi connectivity index (χ1v) is 8.64. The first-order valence-electron chi connectivity index (χ1n) is 8.64. The van der Waals surface area contributed by atoms with Gasteiger partial charge in [-0.3, -0.25) is 4.79 Å². The van der Waals surface area contributed by atoms with E-state index in [0.717, 1.165) is 32.0 Å². The number of nitrogen functional groups attached to an aromatic ring is 1. The van der Waals surface area contributed by atoms with Crippen molar-refractivity contribution in [2.75, 3.05) is 30.7 Å². The minimum absolute atomic E-state index is 0.107. The lowest BCUT2D eigenvalue weighted by Crippen LogP contribution is -2.33. The largest absolute Gasteiger partial charge is 0.418 e. The molecule has 0 saturated carbocycles. The molecule has 0 bridgehead atoms. The molecule has 27 heavy (non-hydrogen) atoms. The molecule has 1 saturated heterocycles. The number of aromatic nitrogens is 2. The van der Waals surface area contributed by atoms with Gasteiger partial charge in [-0.15, -0.1) is 0 Å². The topological polar surface area (TPSA) is 92.9 Å². The quantitative estimate of drug-likeness (QED) is 0.692. The zero-order valence-corrected chi connectivity index (χ0v) is 14.5. The van der Waals surface area contributed by atoms with Crippen LogP contribution < -0.4 is 16.4 Å². The van der Waals surface area contributed by atoms with Crippen LogP contribution in [0.25, 0.3) is 0 Å². The second-order valence-corrected chi connectivity index (χ2v) is 6.45. The summed E-state index contributed by atoms with van der Waals surface area (Å²) in [6.07, 6.45) is -1.27. The maximum Gasteiger partial charge on any atom is 0.418 e. The number of hydrogen-bond donors (Lipinski definition) is 3. The van der Waals surface area contributed by atoms with Crippen LogP contribution >= 0.6 is 0 Å². The minimum Gasteiger partial charge on any atom is -0.383 e. The SMILES string of the molecule is Nc1ncccc1C(=O)c1nc(NCC2CCCNC2)ccc1C(F)(F)F. The molecular formula is C18H20F3N5O. The van der Waals surface area contributed by atoms with Crippen LogP contribution in [0, 0.1) is 5.92 Å². The van der Waals surface area contributed by atoms with Crippen molar-refractivity contribution in [1.29, 1.82) is 0 Å². The van der Waals surface area contributed by atoms with E-state index in [-0.39, 0.29) is 17.2 Å². The van der Waals surface area contributed by atoms with E-state index in [2.05, 4.69) is 20.6 Å². The van der Waals surface area contributed by atoms with Crippen LogP contribution in [0.1, 0.15) is 34.5 Å². The zero-order chi connectivity index (χ0) is 19.4. The molecular weight excluding hydrogens is 359 g/mol. The third kappa shape index (κ3) is 4.54. The third-order valence-corrected chi connectivity index (χ3v) is 4.47. The standard InChI is InChI=1S/C18H20F3N5O/c19-18(20,21)13-5-6-14(25-10-11-3-1-7-23-9-11)26-15(13)16(27)12-4-2-8-24-17(12)22/h2,4-6,8,11,23H,1,3,7,9-10H2,(H2,22,24)(H,25,26). The third-order valence-electron chi connectivity index (χ3n) is 4.47. The second kappa shape index (κ2) is 7.91. The van der Waals surface area contributed by atoms with Gasteiger partial charge in [-0.1, -0.05) is 0 Å². The molecule has 0 aromatic carbocycles. The molecule has 144 valence electrons. The normalized spacial score (nSPS) is 17.5. The molecule has 1 fully saturated rings. The van der Waals surface area contributed by atoms with Crippen molar-refractivity contribution in [1.82, 2.24) is 15.3 Å². The Labute approximate surface area is 154 Å². The molecule has 0 amide bonds. The molecule has 2 aromatic rings. The van der Waals surface area contributed by atoms with Gasteiger partial charge in [0.05, 0.1) is 11.1 Å². The maximum absolute atomic E-state index is 13.4. The number of carbonyl (C=O) groups is 1. The Kier molecular flexibility index (Phi) is 5.59. The summed E-state index contributed by atoms with van der Waals surface area (Å²) >= 11 is 0. The molecule has 6 nitrogen and oxygen atoms in total. The number of ketones is 1. The molecule has 0 spiro atoms. The van der Waals surface area contributed by atoms with Crippen LogP contribution in [0.5, 0.6) is 0 Å². The van der Waals surface area contributed by atoms with Gasteiger partial charge < -0.3 is 16.4 Å². The Balaban J connectivity index is 1.89. The summed E-state index contributed by atoms with van der Waals surface area (Å²) in [5.41, 5.74) is 3.76. The average molecular weight is 379 g/mol. The minimum atomic E-state index is -4.71. The van der Waals surface area contributed by atoms with E-state index in [1.165, 1.54) is 24.4 Å². The molecule has 1 unspecified atom stereocenters. The maximum atomic E-state index is 13.4. The Hall–Kier alpha value is -2.68. The fourth-order valence-electron chi connectivity index (χ4n) is 3.04. The molecule has 1 aliphatic heterocycles. The van der Waals surface area contributed by atoms with Gasteiger partial charge in [-0.2, -0.15) is 13.2 Å². The van der Waals surface area contributed by atoms with Gasteiger partial charge >= 0.3 is 6.18 Å². The second-order valence-electron chi connectivity index (χ2n) is 6.45. The highest BCUT2D eigenvalue weighted by Crippen LogP contribution is 2.33. The van der Waals surface area contributed by atoms with Crippen molar-refractivity contribution >= 4 is 17.4 Å². The molecule has 0 aliphatic carbocycles. The highest BCUT2D eigenvalue weighted by atomic mass is 19.4. The molecule has 1 atom stereocenters. The number of carbonyl (C=O) groups excluding carboxylic acids is 1. The molecule has 9 heteroatoms. The van der Waals surface area contributed by atoms with E-state index >= 15 is 0 Å². The summed E-state index contributed by atoms with van der Waals surface area (Å²) < 4.78 is 40.1. The van der Waals surface area contributed by atoms with Crippen molar-refractivity contribution in [2.24, 2.45) is 5.92 Å². The molecule has 3 heterocycles. The summed E-state index contributed by atoms with van der Waals surface area (Å²) in [4.78, 5) is 20.4. The summed E-state index contributed by atoms with van der Waals surface area (Å²) in [6, 6.07) is 4.88. The van der Waals surface area contributed by atoms with E-state index in [1.807, 2.05) is 0 Å². The molecule has 3 rings (SSSR count).